The molecule has 1 saturated heterocycles. The van der Waals surface area contributed by atoms with Crippen molar-refractivity contribution in [3.63, 3.8) is 0 Å². The quantitative estimate of drug-likeness (QED) is 0.525. The Morgan fingerprint density at radius 2 is 1.66 bits per heavy atom. The van der Waals surface area contributed by atoms with E-state index in [9.17, 15) is 9.59 Å². The molecule has 3 heterocycles. The van der Waals surface area contributed by atoms with Crippen LogP contribution in [0.4, 0.5) is 0 Å². The normalized spacial score (nSPS) is 19.3. The number of amides is 1. The van der Waals surface area contributed by atoms with Gasteiger partial charge in [0.25, 0.3) is 5.91 Å². The van der Waals surface area contributed by atoms with Crippen molar-refractivity contribution in [3.8, 4) is 17.2 Å². The second-order valence-electron chi connectivity index (χ2n) is 9.06. The Morgan fingerprint density at radius 1 is 0.971 bits per heavy atom. The Hall–Kier alpha value is -3.52. The van der Waals surface area contributed by atoms with Crippen LogP contribution >= 0.6 is 0 Å². The minimum Gasteiger partial charge on any atom is -0.493 e. The summed E-state index contributed by atoms with van der Waals surface area (Å²) in [5.41, 5.74) is 3.15. The molecular formula is C27H29NO7. The van der Waals surface area contributed by atoms with Crippen LogP contribution in [0.3, 0.4) is 0 Å². The van der Waals surface area contributed by atoms with Crippen LogP contribution in [0.25, 0.3) is 11.0 Å². The molecule has 1 amide bonds. The highest BCUT2D eigenvalue weighted by atomic mass is 16.5. The Kier molecular flexibility index (Phi) is 5.92. The topological polar surface area (TPSA) is 87.4 Å². The first-order valence-electron chi connectivity index (χ1n) is 11.7. The maximum absolute atomic E-state index is 13.9. The lowest BCUT2D eigenvalue weighted by Crippen LogP contribution is -2.36. The van der Waals surface area contributed by atoms with Crippen molar-refractivity contribution >= 4 is 16.9 Å². The number of benzene rings is 2. The van der Waals surface area contributed by atoms with Crippen molar-refractivity contribution in [3.05, 3.63) is 62.5 Å². The molecule has 8 heteroatoms. The number of hydrogen-bond donors (Lipinski definition) is 0. The SMILES string of the molecule is COc1cc([C@H]2c3c(oc4cc(C)c(C)cc4c3=O)C(=O)N2C[C@H]2CCCO2)cc(OC)c1OC. The summed E-state index contributed by atoms with van der Waals surface area (Å²) in [6, 6.07) is 6.52. The average molecular weight is 480 g/mol. The van der Waals surface area contributed by atoms with Gasteiger partial charge in [-0.25, -0.2) is 0 Å². The van der Waals surface area contributed by atoms with Gasteiger partial charge in [-0.2, -0.15) is 0 Å². The fourth-order valence-electron chi connectivity index (χ4n) is 5.08. The van der Waals surface area contributed by atoms with Crippen molar-refractivity contribution in [2.75, 3.05) is 34.5 Å². The minimum absolute atomic E-state index is 0.0718. The molecule has 8 nitrogen and oxygen atoms in total. The molecule has 2 aromatic carbocycles. The monoisotopic (exact) mass is 479 g/mol. The fraction of sp³-hybridized carbons (Fsp3) is 0.407. The van der Waals surface area contributed by atoms with Crippen LogP contribution in [0.15, 0.2) is 33.5 Å². The first-order valence-corrected chi connectivity index (χ1v) is 11.7. The van der Waals surface area contributed by atoms with E-state index >= 15 is 0 Å². The van der Waals surface area contributed by atoms with Crippen LogP contribution in [-0.2, 0) is 4.74 Å². The number of methoxy groups -OCH3 is 3. The molecule has 2 aliphatic rings. The van der Waals surface area contributed by atoms with Gasteiger partial charge >= 0.3 is 0 Å². The molecule has 0 unspecified atom stereocenters. The molecule has 0 N–H and O–H groups in total. The van der Waals surface area contributed by atoms with E-state index in [0.717, 1.165) is 24.0 Å². The molecule has 3 aromatic rings. The van der Waals surface area contributed by atoms with Crippen LogP contribution in [0.5, 0.6) is 17.2 Å². The van der Waals surface area contributed by atoms with E-state index < -0.39 is 6.04 Å². The van der Waals surface area contributed by atoms with Crippen LogP contribution in [0.2, 0.25) is 0 Å². The van der Waals surface area contributed by atoms with Crippen molar-refractivity contribution < 1.29 is 28.2 Å². The summed E-state index contributed by atoms with van der Waals surface area (Å²) in [6.45, 7) is 4.91. The second kappa shape index (κ2) is 8.92. The van der Waals surface area contributed by atoms with Crippen LogP contribution in [0, 0.1) is 13.8 Å². The van der Waals surface area contributed by atoms with E-state index in [2.05, 4.69) is 0 Å². The van der Waals surface area contributed by atoms with Crippen molar-refractivity contribution in [1.82, 2.24) is 4.90 Å². The first-order chi connectivity index (χ1) is 16.9. The number of nitrogens with zero attached hydrogens (tertiary/aromatic N) is 1. The first kappa shape index (κ1) is 23.2. The molecule has 0 aliphatic carbocycles. The van der Waals surface area contributed by atoms with Crippen molar-refractivity contribution in [2.45, 2.75) is 38.8 Å². The molecule has 2 atom stereocenters. The highest BCUT2D eigenvalue weighted by molar-refractivity contribution is 5.99. The molecule has 1 fully saturated rings. The Labute approximate surface area is 203 Å². The lowest BCUT2D eigenvalue weighted by atomic mass is 9.96. The number of rotatable bonds is 6. The Balaban J connectivity index is 1.76. The van der Waals surface area contributed by atoms with Crippen LogP contribution < -0.4 is 19.6 Å². The predicted octanol–water partition coefficient (Wildman–Crippen LogP) is 4.16. The van der Waals surface area contributed by atoms with Gasteiger partial charge in [0.1, 0.15) is 5.58 Å². The number of carbonyl (C=O) groups excluding carboxylic acids is 1. The zero-order chi connectivity index (χ0) is 24.9. The molecule has 184 valence electrons. The zero-order valence-electron chi connectivity index (χ0n) is 20.6. The van der Waals surface area contributed by atoms with E-state index in [-0.39, 0.29) is 23.2 Å². The minimum atomic E-state index is -0.683. The number of hydrogen-bond acceptors (Lipinski definition) is 7. The largest absolute Gasteiger partial charge is 0.493 e. The molecule has 2 aliphatic heterocycles. The number of ether oxygens (including phenoxy) is 4. The van der Waals surface area contributed by atoms with Gasteiger partial charge in [0.15, 0.2) is 16.9 Å². The number of carbonyl (C=O) groups is 1. The summed E-state index contributed by atoms with van der Waals surface area (Å²) in [4.78, 5) is 29.2. The number of fused-ring (bicyclic) bond motifs is 2. The third kappa shape index (κ3) is 3.72. The smallest absolute Gasteiger partial charge is 0.291 e. The molecule has 5 rings (SSSR count). The third-order valence-corrected chi connectivity index (χ3v) is 7.01. The van der Waals surface area contributed by atoms with E-state index in [1.165, 1.54) is 21.3 Å². The summed E-state index contributed by atoms with van der Waals surface area (Å²) in [7, 11) is 4.60. The second-order valence-corrected chi connectivity index (χ2v) is 9.06. The van der Waals surface area contributed by atoms with Gasteiger partial charge < -0.3 is 28.3 Å². The van der Waals surface area contributed by atoms with Crippen LogP contribution in [0.1, 0.15) is 51.7 Å². The average Bonchev–Trinajstić information content (AvgIpc) is 3.47. The molecule has 1 aromatic heterocycles. The van der Waals surface area contributed by atoms with E-state index in [0.29, 0.717) is 52.5 Å². The molecule has 35 heavy (non-hydrogen) atoms. The summed E-state index contributed by atoms with van der Waals surface area (Å²) in [5, 5.41) is 0.455. The lowest BCUT2D eigenvalue weighted by molar-refractivity contribution is 0.0486. The van der Waals surface area contributed by atoms with Crippen molar-refractivity contribution in [2.24, 2.45) is 0 Å². The molecule has 0 spiro atoms. The summed E-state index contributed by atoms with van der Waals surface area (Å²) in [5.74, 6) is 1.06. The molecule has 0 radical (unpaired) electrons. The van der Waals surface area contributed by atoms with Gasteiger partial charge in [-0.15, -0.1) is 0 Å². The third-order valence-electron chi connectivity index (χ3n) is 7.01. The maximum atomic E-state index is 13.9. The summed E-state index contributed by atoms with van der Waals surface area (Å²) in [6.07, 6.45) is 1.68. The van der Waals surface area contributed by atoms with Gasteiger partial charge in [-0.3, -0.25) is 9.59 Å². The van der Waals surface area contributed by atoms with Gasteiger partial charge in [0, 0.05) is 13.2 Å². The number of aryl methyl sites for hydroxylation is 2. The summed E-state index contributed by atoms with van der Waals surface area (Å²) >= 11 is 0. The zero-order valence-corrected chi connectivity index (χ0v) is 20.6. The molecule has 0 saturated carbocycles. The van der Waals surface area contributed by atoms with Gasteiger partial charge in [0.05, 0.1) is 44.4 Å². The fourth-order valence-corrected chi connectivity index (χ4v) is 5.08. The van der Waals surface area contributed by atoms with Crippen LogP contribution in [-0.4, -0.2) is 51.4 Å². The summed E-state index contributed by atoms with van der Waals surface area (Å²) < 4.78 is 28.5. The van der Waals surface area contributed by atoms with E-state index in [1.807, 2.05) is 26.0 Å². The van der Waals surface area contributed by atoms with E-state index in [1.54, 1.807) is 17.0 Å². The Bertz CT molecular complexity index is 1350. The van der Waals surface area contributed by atoms with Gasteiger partial charge in [-0.1, -0.05) is 0 Å². The van der Waals surface area contributed by atoms with Crippen molar-refractivity contribution in [1.29, 1.82) is 0 Å². The Morgan fingerprint density at radius 3 is 2.26 bits per heavy atom. The lowest BCUT2D eigenvalue weighted by Gasteiger charge is -2.28. The standard InChI is InChI=1S/C27H29NO7/c1-14-9-18-19(10-15(14)2)35-26-22(24(18)29)23(28(27(26)30)13-17-7-6-8-34-17)16-11-20(31-3)25(33-5)21(12-16)32-4/h9-12,17,23H,6-8,13H2,1-5H3/t17-,23+/m1/s1. The van der Waals surface area contributed by atoms with Gasteiger partial charge in [-0.05, 0) is 67.6 Å². The molecular weight excluding hydrogens is 450 g/mol. The molecule has 0 bridgehead atoms. The highest BCUT2D eigenvalue weighted by Gasteiger charge is 2.44. The van der Waals surface area contributed by atoms with Gasteiger partial charge in [0.2, 0.25) is 11.5 Å². The van der Waals surface area contributed by atoms with E-state index in [4.69, 9.17) is 23.4 Å². The highest BCUT2D eigenvalue weighted by Crippen LogP contribution is 2.45. The predicted molar refractivity (Wildman–Crippen MR) is 130 cm³/mol. The maximum Gasteiger partial charge on any atom is 0.291 e.